The number of ether oxygens (including phenoxy) is 1. The first-order valence-corrected chi connectivity index (χ1v) is 13.4. The lowest BCUT2D eigenvalue weighted by Gasteiger charge is -2.28. The van der Waals surface area contributed by atoms with Crippen molar-refractivity contribution in [2.45, 2.75) is 77.5 Å². The van der Waals surface area contributed by atoms with Crippen molar-refractivity contribution in [1.29, 1.82) is 0 Å². The maximum atomic E-state index is 15.4. The zero-order valence-electron chi connectivity index (χ0n) is 23.7. The Hall–Kier alpha value is -3.28. The van der Waals surface area contributed by atoms with Crippen LogP contribution in [0.2, 0.25) is 0 Å². The van der Waals surface area contributed by atoms with Crippen molar-refractivity contribution < 1.29 is 28.6 Å². The van der Waals surface area contributed by atoms with Crippen LogP contribution in [-0.4, -0.2) is 74.4 Å². The van der Waals surface area contributed by atoms with Crippen LogP contribution in [0.15, 0.2) is 36.4 Å². The Bertz CT molecular complexity index is 1120. The van der Waals surface area contributed by atoms with Gasteiger partial charge in [-0.3, -0.25) is 14.9 Å². The number of benzene rings is 2. The number of likely N-dealkylation sites (N-methyl/N-ethyl adjacent to an activating group) is 1. The summed E-state index contributed by atoms with van der Waals surface area (Å²) in [6.07, 6.45) is 0.429. The molecule has 9 nitrogen and oxygen atoms in total. The summed E-state index contributed by atoms with van der Waals surface area (Å²) in [5, 5.41) is 17.7. The topological polar surface area (TPSA) is 120 Å². The Morgan fingerprint density at radius 3 is 2.50 bits per heavy atom. The van der Waals surface area contributed by atoms with E-state index >= 15 is 4.39 Å². The third-order valence-electron chi connectivity index (χ3n) is 6.61. The number of carbonyl (C=O) groups excluding carboxylic acids is 3. The number of aliphatic hydroxyl groups excluding tert-OH is 1. The van der Waals surface area contributed by atoms with Crippen molar-refractivity contribution in [1.82, 2.24) is 15.5 Å². The fraction of sp³-hybridized carbons (Fsp3) is 0.483. The Kier molecular flexibility index (Phi) is 13.8. The molecule has 0 aromatic heterocycles. The highest BCUT2D eigenvalue weighted by atomic mass is 19.1. The highest BCUT2D eigenvalue weighted by Crippen LogP contribution is 2.25. The SMILES string of the molecule is [B]C(O)NCC(C)OC(C)Cc1cccc(CNc2cccc(C)c2CN(C=O)C(CCC=O)C(=O)NC)c1F. The van der Waals surface area contributed by atoms with Crippen LogP contribution in [0.5, 0.6) is 0 Å². The highest BCUT2D eigenvalue weighted by molar-refractivity contribution is 6.10. The van der Waals surface area contributed by atoms with Crippen LogP contribution in [0.4, 0.5) is 10.1 Å². The summed E-state index contributed by atoms with van der Waals surface area (Å²) in [4.78, 5) is 36.7. The minimum absolute atomic E-state index is 0.140. The van der Waals surface area contributed by atoms with Crippen molar-refractivity contribution in [2.24, 2.45) is 0 Å². The molecule has 4 N–H and O–H groups in total. The average molecular weight is 554 g/mol. The fourth-order valence-electron chi connectivity index (χ4n) is 4.53. The monoisotopic (exact) mass is 554 g/mol. The Balaban J connectivity index is 2.16. The lowest BCUT2D eigenvalue weighted by Crippen LogP contribution is -2.45. The maximum Gasteiger partial charge on any atom is 0.242 e. The van der Waals surface area contributed by atoms with Gasteiger partial charge in [0, 0.05) is 50.8 Å². The molecule has 0 saturated carbocycles. The van der Waals surface area contributed by atoms with Gasteiger partial charge in [0.1, 0.15) is 26.0 Å². The number of aldehydes is 1. The largest absolute Gasteiger partial charge is 0.388 e. The molecule has 2 amide bonds. The summed E-state index contributed by atoms with van der Waals surface area (Å²) >= 11 is 0. The van der Waals surface area contributed by atoms with Crippen LogP contribution >= 0.6 is 0 Å². The molecule has 0 spiro atoms. The summed E-state index contributed by atoms with van der Waals surface area (Å²) in [7, 11) is 6.77. The summed E-state index contributed by atoms with van der Waals surface area (Å²) in [5.41, 5.74) is 3.39. The molecule has 40 heavy (non-hydrogen) atoms. The van der Waals surface area contributed by atoms with E-state index in [-0.39, 0.29) is 49.9 Å². The van der Waals surface area contributed by atoms with E-state index in [1.54, 1.807) is 18.2 Å². The first-order valence-electron chi connectivity index (χ1n) is 13.4. The number of hydrogen-bond donors (Lipinski definition) is 4. The van der Waals surface area contributed by atoms with Crippen LogP contribution in [-0.2, 0) is 38.6 Å². The van der Waals surface area contributed by atoms with Crippen molar-refractivity contribution in [3.05, 3.63) is 64.5 Å². The number of anilines is 1. The van der Waals surface area contributed by atoms with Gasteiger partial charge in [-0.15, -0.1) is 0 Å². The Morgan fingerprint density at radius 1 is 1.15 bits per heavy atom. The van der Waals surface area contributed by atoms with Crippen molar-refractivity contribution in [2.75, 3.05) is 18.9 Å². The quantitative estimate of drug-likeness (QED) is 0.127. The smallest absolute Gasteiger partial charge is 0.242 e. The Labute approximate surface area is 237 Å². The van der Waals surface area contributed by atoms with E-state index in [0.717, 1.165) is 17.4 Å². The normalized spacial score (nSPS) is 14.1. The lowest BCUT2D eigenvalue weighted by atomic mass is 10.0. The molecule has 2 rings (SSSR count). The second kappa shape index (κ2) is 16.7. The van der Waals surface area contributed by atoms with Gasteiger partial charge in [0.25, 0.3) is 0 Å². The third kappa shape index (κ3) is 10.0. The number of carbonyl (C=O) groups is 3. The van der Waals surface area contributed by atoms with E-state index in [9.17, 15) is 14.4 Å². The van der Waals surface area contributed by atoms with Gasteiger partial charge in [0.15, 0.2) is 0 Å². The lowest BCUT2D eigenvalue weighted by molar-refractivity contribution is -0.133. The standard InChI is InChI=1S/C29H40BFN4O5/c1-19-8-5-11-25(24(19)17-35(18-37)26(12-7-13-36)28(38)32-4)33-16-23-10-6-9-22(27(23)31)14-20(2)40-21(3)15-34-29(30)39/h5-6,8-11,13,18,20-21,26,29,33-34,39H,7,12,14-17H2,1-4H3,(H,32,38). The predicted octanol–water partition coefficient (Wildman–Crippen LogP) is 2.17. The third-order valence-corrected chi connectivity index (χ3v) is 6.61. The van der Waals surface area contributed by atoms with Crippen LogP contribution < -0.4 is 16.0 Å². The highest BCUT2D eigenvalue weighted by Gasteiger charge is 2.25. The second-order valence-electron chi connectivity index (χ2n) is 9.81. The first kappa shape index (κ1) is 32.9. The van der Waals surface area contributed by atoms with Gasteiger partial charge < -0.3 is 30.2 Å². The molecule has 0 aliphatic rings. The van der Waals surface area contributed by atoms with Crippen LogP contribution in [0, 0.1) is 12.7 Å². The number of nitrogens with zero attached hydrogens (tertiary/aromatic N) is 1. The second-order valence-corrected chi connectivity index (χ2v) is 9.81. The number of halogens is 1. The van der Waals surface area contributed by atoms with Crippen molar-refractivity contribution in [3.8, 4) is 0 Å². The molecular formula is C29H40BFN4O5. The molecule has 2 radical (unpaired) electrons. The number of rotatable bonds is 18. The molecular weight excluding hydrogens is 514 g/mol. The van der Waals surface area contributed by atoms with Gasteiger partial charge in [0.2, 0.25) is 12.3 Å². The van der Waals surface area contributed by atoms with E-state index in [1.807, 2.05) is 39.0 Å². The number of amides is 2. The fourth-order valence-corrected chi connectivity index (χ4v) is 4.53. The molecule has 0 aliphatic heterocycles. The van der Waals surface area contributed by atoms with E-state index in [0.29, 0.717) is 36.2 Å². The van der Waals surface area contributed by atoms with E-state index in [2.05, 4.69) is 16.0 Å². The van der Waals surface area contributed by atoms with E-state index < -0.39 is 12.2 Å². The Morgan fingerprint density at radius 2 is 1.85 bits per heavy atom. The summed E-state index contributed by atoms with van der Waals surface area (Å²) in [6.45, 7) is 6.30. The van der Waals surface area contributed by atoms with Gasteiger partial charge in [-0.05, 0) is 49.9 Å². The minimum atomic E-state index is -1.13. The van der Waals surface area contributed by atoms with Crippen LogP contribution in [0.25, 0.3) is 0 Å². The number of nitrogens with one attached hydrogen (secondary N) is 3. The van der Waals surface area contributed by atoms with Gasteiger partial charge in [-0.2, -0.15) is 0 Å². The van der Waals surface area contributed by atoms with Gasteiger partial charge in [-0.1, -0.05) is 30.3 Å². The molecule has 2 aromatic rings. The molecule has 0 heterocycles. The molecule has 0 fully saturated rings. The van der Waals surface area contributed by atoms with Crippen LogP contribution in [0.3, 0.4) is 0 Å². The molecule has 0 aliphatic carbocycles. The molecule has 4 atom stereocenters. The summed E-state index contributed by atoms with van der Waals surface area (Å²) in [5.74, 6) is -0.678. The van der Waals surface area contributed by atoms with Gasteiger partial charge in [0.05, 0.1) is 18.3 Å². The minimum Gasteiger partial charge on any atom is -0.388 e. The summed E-state index contributed by atoms with van der Waals surface area (Å²) in [6, 6.07) is 10.0. The first-order chi connectivity index (χ1) is 19.1. The van der Waals surface area contributed by atoms with Crippen LogP contribution in [0.1, 0.15) is 48.9 Å². The number of aliphatic hydroxyl groups is 1. The van der Waals surface area contributed by atoms with Crippen molar-refractivity contribution >= 4 is 32.1 Å². The molecule has 11 heteroatoms. The van der Waals surface area contributed by atoms with E-state index in [1.165, 1.54) is 11.9 Å². The predicted molar refractivity (Wildman–Crippen MR) is 153 cm³/mol. The van der Waals surface area contributed by atoms with Crippen molar-refractivity contribution in [3.63, 3.8) is 0 Å². The van der Waals surface area contributed by atoms with Gasteiger partial charge in [-0.25, -0.2) is 4.39 Å². The van der Waals surface area contributed by atoms with Gasteiger partial charge >= 0.3 is 0 Å². The van der Waals surface area contributed by atoms with E-state index in [4.69, 9.17) is 17.7 Å². The average Bonchev–Trinajstić information content (AvgIpc) is 2.92. The molecule has 4 unspecified atom stereocenters. The zero-order valence-corrected chi connectivity index (χ0v) is 23.7. The molecule has 0 saturated heterocycles. The summed E-state index contributed by atoms with van der Waals surface area (Å²) < 4.78 is 21.3. The number of aryl methyl sites for hydroxylation is 1. The maximum absolute atomic E-state index is 15.4. The zero-order chi connectivity index (χ0) is 29.7. The number of hydrogen-bond acceptors (Lipinski definition) is 7. The molecule has 0 bridgehead atoms. The molecule has 2 aromatic carbocycles. The molecule has 216 valence electrons.